The molecule has 0 radical (unpaired) electrons. The Bertz CT molecular complexity index is 196. The quantitative estimate of drug-likeness (QED) is 0.598. The minimum absolute atomic E-state index is 0.351. The topological polar surface area (TPSA) is 3.24 Å². The first-order chi connectivity index (χ1) is 6.02. The molecule has 1 unspecified atom stereocenters. The molecule has 13 heavy (non-hydrogen) atoms. The Morgan fingerprint density at radius 1 is 1.38 bits per heavy atom. The molecule has 0 bridgehead atoms. The van der Waals surface area contributed by atoms with Crippen molar-refractivity contribution in [2.24, 2.45) is 5.92 Å². The third-order valence-corrected chi connectivity index (χ3v) is 2.71. The summed E-state index contributed by atoms with van der Waals surface area (Å²) < 4.78 is 13.6. The normalized spacial score (nSPS) is 25.5. The number of rotatable bonds is 2. The van der Waals surface area contributed by atoms with Gasteiger partial charge in [0.2, 0.25) is 0 Å². The highest BCUT2D eigenvalue weighted by atomic mass is 19.1. The van der Waals surface area contributed by atoms with Gasteiger partial charge in [0.25, 0.3) is 0 Å². The molecule has 1 aliphatic heterocycles. The van der Waals surface area contributed by atoms with Crippen LogP contribution in [-0.4, -0.2) is 30.2 Å². The minimum atomic E-state index is -0.754. The second kappa shape index (κ2) is 4.23. The molecular weight excluding hydrogens is 165 g/mol. The Labute approximate surface area is 80.6 Å². The van der Waals surface area contributed by atoms with Gasteiger partial charge in [-0.2, -0.15) is 0 Å². The Balaban J connectivity index is 2.64. The maximum Gasteiger partial charge on any atom is 0.134 e. The van der Waals surface area contributed by atoms with E-state index in [1.807, 2.05) is 0 Å². The van der Waals surface area contributed by atoms with E-state index in [1.54, 1.807) is 0 Å². The van der Waals surface area contributed by atoms with Gasteiger partial charge in [0.05, 0.1) is 0 Å². The van der Waals surface area contributed by atoms with Gasteiger partial charge in [-0.05, 0) is 25.3 Å². The van der Waals surface area contributed by atoms with Crippen LogP contribution in [0.2, 0.25) is 0 Å². The largest absolute Gasteiger partial charge is 0.294 e. The minimum Gasteiger partial charge on any atom is -0.294 e. The molecule has 1 heterocycles. The molecule has 2 heteroatoms. The first kappa shape index (κ1) is 10.7. The summed E-state index contributed by atoms with van der Waals surface area (Å²) in [6.45, 7) is 9.82. The average molecular weight is 185 g/mol. The van der Waals surface area contributed by atoms with E-state index in [0.717, 1.165) is 12.1 Å². The van der Waals surface area contributed by atoms with Crippen molar-refractivity contribution < 1.29 is 4.39 Å². The highest BCUT2D eigenvalue weighted by Crippen LogP contribution is 2.22. The lowest BCUT2D eigenvalue weighted by Gasteiger charge is -2.33. The van der Waals surface area contributed by atoms with Gasteiger partial charge < -0.3 is 0 Å². The number of halogens is 1. The Morgan fingerprint density at radius 2 is 2.00 bits per heavy atom. The van der Waals surface area contributed by atoms with Gasteiger partial charge in [-0.15, -0.1) is 0 Å². The molecule has 1 nitrogen and oxygen atoms in total. The summed E-state index contributed by atoms with van der Waals surface area (Å²) in [6, 6.07) is 0.447. The van der Waals surface area contributed by atoms with Crippen LogP contribution in [0.3, 0.4) is 0 Å². The fourth-order valence-corrected chi connectivity index (χ4v) is 1.76. The van der Waals surface area contributed by atoms with Gasteiger partial charge in [0, 0.05) is 19.1 Å². The Kier molecular flexibility index (Phi) is 3.48. The van der Waals surface area contributed by atoms with Crippen molar-refractivity contribution in [3.8, 4) is 0 Å². The van der Waals surface area contributed by atoms with Crippen LogP contribution in [0.1, 0.15) is 27.7 Å². The van der Waals surface area contributed by atoms with Crippen molar-refractivity contribution >= 4 is 0 Å². The summed E-state index contributed by atoms with van der Waals surface area (Å²) in [4.78, 5) is 2.16. The van der Waals surface area contributed by atoms with Crippen molar-refractivity contribution in [3.63, 3.8) is 0 Å². The van der Waals surface area contributed by atoms with Crippen molar-refractivity contribution in [3.05, 3.63) is 11.6 Å². The lowest BCUT2D eigenvalue weighted by atomic mass is 9.95. The fraction of sp³-hybridized carbons (Fsp3) is 0.818. The molecule has 0 fully saturated rings. The SMILES string of the molecule is CC(C)C1=CCN(C(C)C)CC1F. The van der Waals surface area contributed by atoms with Crippen molar-refractivity contribution in [1.29, 1.82) is 0 Å². The second-order valence-electron chi connectivity index (χ2n) is 4.37. The molecule has 0 spiro atoms. The second-order valence-corrected chi connectivity index (χ2v) is 4.37. The van der Waals surface area contributed by atoms with E-state index >= 15 is 0 Å². The zero-order valence-corrected chi connectivity index (χ0v) is 9.05. The molecule has 0 saturated carbocycles. The summed E-state index contributed by atoms with van der Waals surface area (Å²) in [5.41, 5.74) is 0.983. The first-order valence-electron chi connectivity index (χ1n) is 5.10. The third kappa shape index (κ3) is 2.53. The zero-order chi connectivity index (χ0) is 10.0. The Hall–Kier alpha value is -0.370. The summed E-state index contributed by atoms with van der Waals surface area (Å²) in [5, 5.41) is 0. The van der Waals surface area contributed by atoms with E-state index < -0.39 is 6.17 Å². The molecule has 1 rings (SSSR count). The molecular formula is C11H20FN. The lowest BCUT2D eigenvalue weighted by Crippen LogP contribution is -2.41. The number of hydrogen-bond donors (Lipinski definition) is 0. The van der Waals surface area contributed by atoms with Crippen LogP contribution < -0.4 is 0 Å². The van der Waals surface area contributed by atoms with Crippen LogP contribution in [0, 0.1) is 5.92 Å². The van der Waals surface area contributed by atoms with Crippen LogP contribution in [-0.2, 0) is 0 Å². The van der Waals surface area contributed by atoms with Crippen LogP contribution >= 0.6 is 0 Å². The molecule has 0 aliphatic carbocycles. The third-order valence-electron chi connectivity index (χ3n) is 2.71. The zero-order valence-electron chi connectivity index (χ0n) is 9.05. The van der Waals surface area contributed by atoms with E-state index in [4.69, 9.17) is 0 Å². The van der Waals surface area contributed by atoms with Crippen molar-refractivity contribution in [1.82, 2.24) is 4.90 Å². The number of alkyl halides is 1. The van der Waals surface area contributed by atoms with E-state index in [-0.39, 0.29) is 0 Å². The fourth-order valence-electron chi connectivity index (χ4n) is 1.76. The van der Waals surface area contributed by atoms with Gasteiger partial charge in [0.1, 0.15) is 6.17 Å². The molecule has 76 valence electrons. The van der Waals surface area contributed by atoms with Crippen LogP contribution in [0.4, 0.5) is 4.39 Å². The van der Waals surface area contributed by atoms with Gasteiger partial charge >= 0.3 is 0 Å². The van der Waals surface area contributed by atoms with Crippen LogP contribution in [0.5, 0.6) is 0 Å². The highest BCUT2D eigenvalue weighted by molar-refractivity contribution is 5.15. The molecule has 0 amide bonds. The molecule has 1 aliphatic rings. The van der Waals surface area contributed by atoms with Gasteiger partial charge in [-0.1, -0.05) is 19.9 Å². The van der Waals surface area contributed by atoms with E-state index in [0.29, 0.717) is 18.5 Å². The maximum atomic E-state index is 13.6. The Morgan fingerprint density at radius 3 is 2.38 bits per heavy atom. The smallest absolute Gasteiger partial charge is 0.134 e. The monoisotopic (exact) mass is 185 g/mol. The molecule has 0 saturated heterocycles. The summed E-state index contributed by atoms with van der Waals surface area (Å²) in [6.07, 6.45) is 1.30. The van der Waals surface area contributed by atoms with E-state index in [1.165, 1.54) is 0 Å². The van der Waals surface area contributed by atoms with Crippen LogP contribution in [0.25, 0.3) is 0 Å². The molecule has 0 N–H and O–H groups in total. The van der Waals surface area contributed by atoms with Gasteiger partial charge in [-0.3, -0.25) is 4.90 Å². The predicted octanol–water partition coefficient (Wildman–Crippen LogP) is 2.63. The van der Waals surface area contributed by atoms with E-state index in [9.17, 15) is 4.39 Å². The molecule has 0 aromatic heterocycles. The molecule has 0 aromatic carbocycles. The molecule has 1 atom stereocenters. The number of hydrogen-bond acceptors (Lipinski definition) is 1. The lowest BCUT2D eigenvalue weighted by molar-refractivity contribution is 0.170. The summed E-state index contributed by atoms with van der Waals surface area (Å²) >= 11 is 0. The number of nitrogens with zero attached hydrogens (tertiary/aromatic N) is 1. The van der Waals surface area contributed by atoms with Crippen molar-refractivity contribution in [2.75, 3.05) is 13.1 Å². The standard InChI is InChI=1S/C11H20FN/c1-8(2)10-5-6-13(9(3)4)7-11(10)12/h5,8-9,11H,6-7H2,1-4H3. The first-order valence-corrected chi connectivity index (χ1v) is 5.10. The van der Waals surface area contributed by atoms with Gasteiger partial charge in [0.15, 0.2) is 0 Å². The van der Waals surface area contributed by atoms with Crippen LogP contribution in [0.15, 0.2) is 11.6 Å². The van der Waals surface area contributed by atoms with Crippen molar-refractivity contribution in [2.45, 2.75) is 39.9 Å². The summed E-state index contributed by atoms with van der Waals surface area (Å²) in [5.74, 6) is 0.351. The van der Waals surface area contributed by atoms with E-state index in [2.05, 4.69) is 38.7 Å². The maximum absolute atomic E-state index is 13.6. The highest BCUT2D eigenvalue weighted by Gasteiger charge is 2.24. The molecule has 0 aromatic rings. The predicted molar refractivity (Wildman–Crippen MR) is 54.5 cm³/mol. The summed E-state index contributed by atoms with van der Waals surface area (Å²) in [7, 11) is 0. The van der Waals surface area contributed by atoms with Gasteiger partial charge in [-0.25, -0.2) is 4.39 Å². The average Bonchev–Trinajstić information content (AvgIpc) is 2.03.